The third kappa shape index (κ3) is 4.41. The summed E-state index contributed by atoms with van der Waals surface area (Å²) in [5.74, 6) is -1.43. The van der Waals surface area contributed by atoms with Crippen molar-refractivity contribution in [3.63, 3.8) is 0 Å². The molecular weight excluding hydrogens is 499 g/mol. The van der Waals surface area contributed by atoms with Gasteiger partial charge in [-0.1, -0.05) is 68.1 Å². The highest BCUT2D eigenvalue weighted by atomic mass is 32.2. The van der Waals surface area contributed by atoms with Crippen molar-refractivity contribution in [2.24, 2.45) is 5.41 Å². The maximum atomic E-state index is 13.6. The number of carbonyl (C=O) groups is 1. The van der Waals surface area contributed by atoms with E-state index in [1.807, 2.05) is 30.3 Å². The molecule has 37 heavy (non-hydrogen) atoms. The van der Waals surface area contributed by atoms with Gasteiger partial charge in [0.05, 0.1) is 13.1 Å². The number of nitrogens with zero attached hydrogens (tertiary/aromatic N) is 6. The van der Waals surface area contributed by atoms with Gasteiger partial charge in [-0.3, -0.25) is 4.79 Å². The maximum Gasteiger partial charge on any atom is 0.348 e. The van der Waals surface area contributed by atoms with Gasteiger partial charge in [-0.15, -0.1) is 0 Å². The Kier molecular flexibility index (Phi) is 6.14. The summed E-state index contributed by atoms with van der Waals surface area (Å²) in [5.41, 5.74) is -0.233. The summed E-state index contributed by atoms with van der Waals surface area (Å²) in [5, 5.41) is 17.6. The number of aromatic nitrogens is 6. The quantitative estimate of drug-likeness (QED) is 0.395. The van der Waals surface area contributed by atoms with Crippen molar-refractivity contribution in [2.45, 2.75) is 43.6 Å². The van der Waals surface area contributed by atoms with E-state index in [0.29, 0.717) is 5.56 Å². The molecule has 2 atom stereocenters. The molecular formula is C25H25FN6O4S. The van der Waals surface area contributed by atoms with Gasteiger partial charge >= 0.3 is 17.3 Å². The van der Waals surface area contributed by atoms with Gasteiger partial charge in [0.2, 0.25) is 0 Å². The van der Waals surface area contributed by atoms with Crippen molar-refractivity contribution < 1.29 is 14.3 Å². The lowest BCUT2D eigenvalue weighted by Crippen LogP contribution is -2.48. The molecule has 1 N–H and O–H groups in total. The van der Waals surface area contributed by atoms with Gasteiger partial charge in [0.25, 0.3) is 0 Å². The van der Waals surface area contributed by atoms with Crippen molar-refractivity contribution in [3.05, 3.63) is 105 Å². The highest BCUT2D eigenvalue weighted by Gasteiger charge is 2.57. The standard InChI is InChI=1S/C25H25FN6O4S/c1-24(2)14-25(37-20(24)21(33)34,29-15-27-31(22(29)35)12-17-6-4-3-5-7-17)30-16-28-32(23(30)36)13-18-8-10-19(26)11-9-18/h3-11,15-16,20H,12-14H2,1-2H3,(H,33,34). The largest absolute Gasteiger partial charge is 0.480 e. The van der Waals surface area contributed by atoms with Crippen LogP contribution >= 0.6 is 11.8 Å². The Bertz CT molecular complexity index is 1560. The van der Waals surface area contributed by atoms with Gasteiger partial charge in [-0.2, -0.15) is 10.2 Å². The third-order valence-corrected chi connectivity index (χ3v) is 8.56. The number of aliphatic carboxylic acids is 1. The van der Waals surface area contributed by atoms with Gasteiger partial charge < -0.3 is 5.11 Å². The molecule has 0 aliphatic carbocycles. The fraction of sp³-hybridized carbons (Fsp3) is 0.320. The molecule has 0 amide bonds. The van der Waals surface area contributed by atoms with Crippen molar-refractivity contribution in [2.75, 3.05) is 0 Å². The third-order valence-electron chi connectivity index (χ3n) is 6.57. The Balaban J connectivity index is 1.60. The first-order chi connectivity index (χ1) is 17.6. The fourth-order valence-corrected chi connectivity index (χ4v) is 6.56. The molecule has 12 heteroatoms. The number of hydrogen-bond donors (Lipinski definition) is 1. The Labute approximate surface area is 215 Å². The van der Waals surface area contributed by atoms with Crippen LogP contribution in [0.1, 0.15) is 31.4 Å². The smallest absolute Gasteiger partial charge is 0.348 e. The molecule has 1 saturated heterocycles. The molecule has 2 unspecified atom stereocenters. The van der Waals surface area contributed by atoms with E-state index in [4.69, 9.17) is 0 Å². The van der Waals surface area contributed by atoms with Crippen LogP contribution in [0.3, 0.4) is 0 Å². The van der Waals surface area contributed by atoms with Gasteiger partial charge in [0.1, 0.15) is 23.7 Å². The zero-order valence-corrected chi connectivity index (χ0v) is 21.0. The van der Waals surface area contributed by atoms with E-state index >= 15 is 0 Å². The van der Waals surface area contributed by atoms with Crippen LogP contribution in [0, 0.1) is 11.2 Å². The summed E-state index contributed by atoms with van der Waals surface area (Å²) < 4.78 is 18.5. The minimum atomic E-state index is -1.41. The molecule has 1 aliphatic rings. The average Bonchev–Trinajstić information content (AvgIpc) is 3.50. The van der Waals surface area contributed by atoms with Crippen LogP contribution in [-0.4, -0.2) is 45.0 Å². The summed E-state index contributed by atoms with van der Waals surface area (Å²) in [7, 11) is 0. The second-order valence-corrected chi connectivity index (χ2v) is 11.1. The summed E-state index contributed by atoms with van der Waals surface area (Å²) in [6.45, 7) is 3.90. The first kappa shape index (κ1) is 24.8. The minimum Gasteiger partial charge on any atom is -0.480 e. The lowest BCUT2D eigenvalue weighted by atomic mass is 9.84. The average molecular weight is 525 g/mol. The number of benzene rings is 2. The van der Waals surface area contributed by atoms with E-state index in [1.54, 1.807) is 26.0 Å². The molecule has 10 nitrogen and oxygen atoms in total. The first-order valence-electron chi connectivity index (χ1n) is 11.6. The van der Waals surface area contributed by atoms with Crippen LogP contribution in [0.2, 0.25) is 0 Å². The Morgan fingerprint density at radius 3 is 1.95 bits per heavy atom. The predicted molar refractivity (Wildman–Crippen MR) is 135 cm³/mol. The molecule has 0 saturated carbocycles. The Morgan fingerprint density at radius 2 is 1.46 bits per heavy atom. The van der Waals surface area contributed by atoms with Gasteiger partial charge in [0.15, 0.2) is 4.99 Å². The fourth-order valence-electron chi connectivity index (χ4n) is 4.75. The zero-order valence-electron chi connectivity index (χ0n) is 20.2. The van der Waals surface area contributed by atoms with Crippen LogP contribution in [0.5, 0.6) is 0 Å². The summed E-state index contributed by atoms with van der Waals surface area (Å²) in [6, 6.07) is 15.1. The molecule has 4 aromatic rings. The van der Waals surface area contributed by atoms with Crippen LogP contribution in [-0.2, 0) is 22.9 Å². The lowest BCUT2D eigenvalue weighted by molar-refractivity contribution is -0.138. The van der Waals surface area contributed by atoms with Crippen LogP contribution in [0.25, 0.3) is 0 Å². The molecule has 3 heterocycles. The van der Waals surface area contributed by atoms with E-state index in [-0.39, 0.29) is 19.5 Å². The minimum absolute atomic E-state index is 0.0841. The zero-order chi connectivity index (χ0) is 26.4. The van der Waals surface area contributed by atoms with E-state index in [9.17, 15) is 23.9 Å². The molecule has 0 bridgehead atoms. The number of carboxylic acids is 1. The Morgan fingerprint density at radius 1 is 0.946 bits per heavy atom. The maximum absolute atomic E-state index is 13.6. The van der Waals surface area contributed by atoms with Crippen LogP contribution in [0.4, 0.5) is 4.39 Å². The molecule has 1 fully saturated rings. The first-order valence-corrected chi connectivity index (χ1v) is 12.5. The highest BCUT2D eigenvalue weighted by molar-refractivity contribution is 8.01. The van der Waals surface area contributed by atoms with Gasteiger partial charge in [-0.25, -0.2) is 32.5 Å². The van der Waals surface area contributed by atoms with E-state index < -0.39 is 38.8 Å². The topological polar surface area (TPSA) is 117 Å². The molecule has 0 spiro atoms. The number of carboxylic acid groups (broad SMARTS) is 1. The highest BCUT2D eigenvalue weighted by Crippen LogP contribution is 2.56. The van der Waals surface area contributed by atoms with Crippen LogP contribution in [0.15, 0.2) is 76.8 Å². The summed E-state index contributed by atoms with van der Waals surface area (Å²) in [6.07, 6.45) is 2.84. The van der Waals surface area contributed by atoms with Crippen molar-refractivity contribution in [1.29, 1.82) is 0 Å². The van der Waals surface area contributed by atoms with Gasteiger partial charge in [-0.05, 0) is 28.7 Å². The molecule has 2 aromatic carbocycles. The van der Waals surface area contributed by atoms with E-state index in [2.05, 4.69) is 10.2 Å². The van der Waals surface area contributed by atoms with Crippen molar-refractivity contribution >= 4 is 17.7 Å². The molecule has 5 rings (SSSR count). The predicted octanol–water partition coefficient (Wildman–Crippen LogP) is 2.41. The van der Waals surface area contributed by atoms with Crippen LogP contribution < -0.4 is 11.4 Å². The second kappa shape index (κ2) is 9.18. The summed E-state index contributed by atoms with van der Waals surface area (Å²) in [4.78, 5) is 38.0. The number of rotatable bonds is 7. The number of halogens is 1. The SMILES string of the molecule is CC1(C)CC(n2cnn(Cc3ccccc3)c2=O)(n2cnn(Cc3ccc(F)cc3)c2=O)SC1C(=O)O. The molecule has 0 radical (unpaired) electrons. The van der Waals surface area contributed by atoms with Crippen molar-refractivity contribution in [1.82, 2.24) is 28.7 Å². The van der Waals surface area contributed by atoms with E-state index in [0.717, 1.165) is 17.3 Å². The second-order valence-electron chi connectivity index (χ2n) is 9.74. The van der Waals surface area contributed by atoms with E-state index in [1.165, 1.54) is 43.3 Å². The van der Waals surface area contributed by atoms with Crippen molar-refractivity contribution in [3.8, 4) is 0 Å². The van der Waals surface area contributed by atoms with Gasteiger partial charge in [0, 0.05) is 6.42 Å². The summed E-state index contributed by atoms with van der Waals surface area (Å²) >= 11 is 1.02. The molecule has 1 aliphatic heterocycles. The molecule has 192 valence electrons. The number of thioether (sulfide) groups is 1. The number of hydrogen-bond acceptors (Lipinski definition) is 6. The normalized spacial score (nSPS) is 20.8. The molecule has 2 aromatic heterocycles. The Hall–Kier alpha value is -3.93. The lowest BCUT2D eigenvalue weighted by Gasteiger charge is -2.30. The monoisotopic (exact) mass is 524 g/mol.